The van der Waals surface area contributed by atoms with E-state index in [0.29, 0.717) is 5.02 Å². The predicted octanol–water partition coefficient (Wildman–Crippen LogP) is 3.12. The molecule has 0 saturated heterocycles. The highest BCUT2D eigenvalue weighted by Crippen LogP contribution is 2.34. The molecule has 1 atom stereocenters. The van der Waals surface area contributed by atoms with Crippen LogP contribution in [0.25, 0.3) is 0 Å². The van der Waals surface area contributed by atoms with E-state index in [-0.39, 0.29) is 0 Å². The molecule has 2 nitrogen and oxygen atoms in total. The molecule has 4 heteroatoms. The molecule has 14 heavy (non-hydrogen) atoms. The second-order valence-electron chi connectivity index (χ2n) is 3.12. The Labute approximate surface area is 91.2 Å². The standard InChI is InChI=1S/C10H10ClNOS/c1-6-5-14-10(8(6)11)9(13)7-3-2-4-12-7/h2-5,9,12-13H,1H3. The third-order valence-corrected chi connectivity index (χ3v) is 3.86. The molecule has 2 heterocycles. The molecular weight excluding hydrogens is 218 g/mol. The lowest BCUT2D eigenvalue weighted by atomic mass is 10.2. The Morgan fingerprint density at radius 1 is 1.57 bits per heavy atom. The number of aliphatic hydroxyl groups excluding tert-OH is 1. The van der Waals surface area contributed by atoms with Crippen LogP contribution in [0.2, 0.25) is 5.02 Å². The van der Waals surface area contributed by atoms with Crippen LogP contribution in [-0.2, 0) is 0 Å². The van der Waals surface area contributed by atoms with Crippen molar-refractivity contribution >= 4 is 22.9 Å². The summed E-state index contributed by atoms with van der Waals surface area (Å²) >= 11 is 7.54. The van der Waals surface area contributed by atoms with Crippen LogP contribution in [-0.4, -0.2) is 10.1 Å². The van der Waals surface area contributed by atoms with Crippen LogP contribution >= 0.6 is 22.9 Å². The van der Waals surface area contributed by atoms with E-state index in [4.69, 9.17) is 11.6 Å². The van der Waals surface area contributed by atoms with Crippen molar-refractivity contribution in [3.63, 3.8) is 0 Å². The van der Waals surface area contributed by atoms with Crippen molar-refractivity contribution in [1.82, 2.24) is 4.98 Å². The van der Waals surface area contributed by atoms with E-state index < -0.39 is 6.10 Å². The molecule has 0 aliphatic rings. The van der Waals surface area contributed by atoms with Crippen LogP contribution in [0.1, 0.15) is 22.2 Å². The molecule has 0 bridgehead atoms. The van der Waals surface area contributed by atoms with E-state index in [1.165, 1.54) is 11.3 Å². The van der Waals surface area contributed by atoms with E-state index in [1.54, 1.807) is 6.20 Å². The minimum absolute atomic E-state index is 0.642. The Morgan fingerprint density at radius 3 is 2.86 bits per heavy atom. The average Bonchev–Trinajstić information content (AvgIpc) is 2.77. The number of aliphatic hydroxyl groups is 1. The van der Waals surface area contributed by atoms with Crippen LogP contribution in [0.15, 0.2) is 23.7 Å². The lowest BCUT2D eigenvalue weighted by Crippen LogP contribution is -1.97. The summed E-state index contributed by atoms with van der Waals surface area (Å²) in [5.41, 5.74) is 1.78. The largest absolute Gasteiger partial charge is 0.381 e. The second-order valence-corrected chi connectivity index (χ2v) is 4.41. The SMILES string of the molecule is Cc1csc(C(O)c2ccc[nH]2)c1Cl. The summed E-state index contributed by atoms with van der Waals surface area (Å²) < 4.78 is 0. The number of aromatic nitrogens is 1. The molecule has 2 aromatic rings. The molecule has 0 aliphatic carbocycles. The maximum Gasteiger partial charge on any atom is 0.129 e. The summed E-state index contributed by atoms with van der Waals surface area (Å²) in [5, 5.41) is 12.6. The normalized spacial score (nSPS) is 13.1. The number of aryl methyl sites for hydroxylation is 1. The maximum atomic E-state index is 9.97. The summed E-state index contributed by atoms with van der Waals surface area (Å²) in [4.78, 5) is 3.77. The third-order valence-electron chi connectivity index (χ3n) is 2.09. The first-order valence-corrected chi connectivity index (χ1v) is 5.50. The topological polar surface area (TPSA) is 36.0 Å². The van der Waals surface area contributed by atoms with E-state index in [2.05, 4.69) is 4.98 Å². The van der Waals surface area contributed by atoms with Crippen molar-refractivity contribution in [2.75, 3.05) is 0 Å². The summed E-state index contributed by atoms with van der Waals surface area (Å²) in [6.07, 6.45) is 1.14. The molecule has 0 amide bonds. The van der Waals surface area contributed by atoms with Crippen molar-refractivity contribution in [1.29, 1.82) is 0 Å². The second kappa shape index (κ2) is 3.77. The molecule has 74 valence electrons. The highest BCUT2D eigenvalue weighted by molar-refractivity contribution is 7.10. The molecule has 2 N–H and O–H groups in total. The lowest BCUT2D eigenvalue weighted by molar-refractivity contribution is 0.220. The van der Waals surface area contributed by atoms with Gasteiger partial charge in [-0.15, -0.1) is 11.3 Å². The number of H-pyrrole nitrogens is 1. The Balaban J connectivity index is 2.36. The van der Waals surface area contributed by atoms with E-state index in [1.807, 2.05) is 24.4 Å². The molecule has 2 aromatic heterocycles. The smallest absolute Gasteiger partial charge is 0.129 e. The van der Waals surface area contributed by atoms with Gasteiger partial charge in [0.25, 0.3) is 0 Å². The van der Waals surface area contributed by atoms with Crippen LogP contribution in [0.4, 0.5) is 0 Å². The summed E-state index contributed by atoms with van der Waals surface area (Å²) in [7, 11) is 0. The van der Waals surface area contributed by atoms with Gasteiger partial charge in [-0.05, 0) is 30.0 Å². The molecule has 2 rings (SSSR count). The average molecular weight is 228 g/mol. The van der Waals surface area contributed by atoms with Crippen molar-refractivity contribution < 1.29 is 5.11 Å². The third kappa shape index (κ3) is 1.59. The van der Waals surface area contributed by atoms with Crippen molar-refractivity contribution in [3.8, 4) is 0 Å². The first-order valence-electron chi connectivity index (χ1n) is 4.25. The number of aromatic amines is 1. The highest BCUT2D eigenvalue weighted by atomic mass is 35.5. The quantitative estimate of drug-likeness (QED) is 0.813. The maximum absolute atomic E-state index is 9.97. The fraction of sp³-hybridized carbons (Fsp3) is 0.200. The Kier molecular flexibility index (Phi) is 2.63. The Bertz CT molecular complexity index is 421. The lowest BCUT2D eigenvalue weighted by Gasteiger charge is -2.06. The number of nitrogens with one attached hydrogen (secondary N) is 1. The zero-order valence-corrected chi connectivity index (χ0v) is 9.19. The van der Waals surface area contributed by atoms with Crippen molar-refractivity contribution in [2.45, 2.75) is 13.0 Å². The summed E-state index contributed by atoms with van der Waals surface area (Å²) in [6.45, 7) is 1.93. The van der Waals surface area contributed by atoms with Gasteiger partial charge in [0.2, 0.25) is 0 Å². The number of halogens is 1. The van der Waals surface area contributed by atoms with Gasteiger partial charge < -0.3 is 10.1 Å². The van der Waals surface area contributed by atoms with Gasteiger partial charge in [0.05, 0.1) is 9.90 Å². The van der Waals surface area contributed by atoms with Gasteiger partial charge in [-0.3, -0.25) is 0 Å². The van der Waals surface area contributed by atoms with Crippen molar-refractivity contribution in [2.24, 2.45) is 0 Å². The molecular formula is C10H10ClNOS. The Morgan fingerprint density at radius 2 is 2.36 bits per heavy atom. The molecule has 0 spiro atoms. The first kappa shape index (κ1) is 9.77. The van der Waals surface area contributed by atoms with Crippen LogP contribution in [0.3, 0.4) is 0 Å². The van der Waals surface area contributed by atoms with Gasteiger partial charge in [-0.2, -0.15) is 0 Å². The monoisotopic (exact) mass is 227 g/mol. The van der Waals surface area contributed by atoms with Gasteiger partial charge in [-0.1, -0.05) is 11.6 Å². The first-order chi connectivity index (χ1) is 6.70. The minimum Gasteiger partial charge on any atom is -0.381 e. The zero-order valence-electron chi connectivity index (χ0n) is 7.62. The molecule has 0 aromatic carbocycles. The Hall–Kier alpha value is -0.770. The highest BCUT2D eigenvalue weighted by Gasteiger charge is 2.17. The van der Waals surface area contributed by atoms with E-state index >= 15 is 0 Å². The molecule has 0 aliphatic heterocycles. The zero-order chi connectivity index (χ0) is 10.1. The van der Waals surface area contributed by atoms with Gasteiger partial charge in [0, 0.05) is 11.9 Å². The summed E-state index contributed by atoms with van der Waals surface area (Å²) in [6, 6.07) is 3.70. The summed E-state index contributed by atoms with van der Waals surface area (Å²) in [5.74, 6) is 0. The van der Waals surface area contributed by atoms with E-state index in [9.17, 15) is 5.11 Å². The van der Waals surface area contributed by atoms with Crippen LogP contribution in [0.5, 0.6) is 0 Å². The van der Waals surface area contributed by atoms with Crippen molar-refractivity contribution in [3.05, 3.63) is 44.9 Å². The number of rotatable bonds is 2. The van der Waals surface area contributed by atoms with Crippen LogP contribution < -0.4 is 0 Å². The fourth-order valence-electron chi connectivity index (χ4n) is 1.29. The van der Waals surface area contributed by atoms with Gasteiger partial charge in [0.15, 0.2) is 0 Å². The molecule has 0 fully saturated rings. The molecule has 0 saturated carbocycles. The number of hydrogen-bond acceptors (Lipinski definition) is 2. The van der Waals surface area contributed by atoms with Gasteiger partial charge in [-0.25, -0.2) is 0 Å². The molecule has 0 radical (unpaired) electrons. The molecule has 1 unspecified atom stereocenters. The number of thiophene rings is 1. The van der Waals surface area contributed by atoms with Crippen LogP contribution in [0, 0.1) is 6.92 Å². The van der Waals surface area contributed by atoms with Gasteiger partial charge in [0.1, 0.15) is 6.10 Å². The van der Waals surface area contributed by atoms with E-state index in [0.717, 1.165) is 16.1 Å². The minimum atomic E-state index is -0.642. The fourth-order valence-corrected chi connectivity index (χ4v) is 2.59. The number of hydrogen-bond donors (Lipinski definition) is 2. The van der Waals surface area contributed by atoms with Gasteiger partial charge >= 0.3 is 0 Å². The predicted molar refractivity (Wildman–Crippen MR) is 58.9 cm³/mol.